The monoisotopic (exact) mass is 416 g/mol. The molecule has 30 heavy (non-hydrogen) atoms. The van der Waals surface area contributed by atoms with E-state index < -0.39 is 6.04 Å². The molecule has 0 saturated carbocycles. The number of amides is 2. The van der Waals surface area contributed by atoms with Gasteiger partial charge < -0.3 is 19.7 Å². The van der Waals surface area contributed by atoms with Gasteiger partial charge in [-0.05, 0) is 54.8 Å². The summed E-state index contributed by atoms with van der Waals surface area (Å²) in [6.07, 6.45) is 1.27. The van der Waals surface area contributed by atoms with Gasteiger partial charge in [-0.3, -0.25) is 9.59 Å². The van der Waals surface area contributed by atoms with E-state index in [1.165, 1.54) is 29.2 Å². The van der Waals surface area contributed by atoms with E-state index in [4.69, 9.17) is 9.47 Å². The van der Waals surface area contributed by atoms with Gasteiger partial charge in [-0.1, -0.05) is 26.0 Å². The fourth-order valence-corrected chi connectivity index (χ4v) is 3.01. The zero-order valence-electron chi connectivity index (χ0n) is 17.7. The van der Waals surface area contributed by atoms with Crippen LogP contribution in [0, 0.1) is 5.82 Å². The molecule has 2 aromatic carbocycles. The minimum atomic E-state index is -0.632. The molecular weight excluding hydrogens is 387 g/mol. The molecule has 0 saturated heterocycles. The minimum absolute atomic E-state index is 0.197. The molecular formula is C23H29FN2O4. The molecule has 0 aliphatic carbocycles. The fourth-order valence-electron chi connectivity index (χ4n) is 3.01. The van der Waals surface area contributed by atoms with Gasteiger partial charge in [0, 0.05) is 13.1 Å². The molecule has 0 heterocycles. The molecule has 0 aliphatic rings. The molecule has 0 unspecified atom stereocenters. The van der Waals surface area contributed by atoms with Crippen molar-refractivity contribution < 1.29 is 23.5 Å². The highest BCUT2D eigenvalue weighted by Crippen LogP contribution is 2.18. The molecule has 6 nitrogen and oxygen atoms in total. The lowest BCUT2D eigenvalue weighted by atomic mass is 10.1. The predicted molar refractivity (Wildman–Crippen MR) is 113 cm³/mol. The van der Waals surface area contributed by atoms with Gasteiger partial charge in [0.15, 0.2) is 6.61 Å². The highest BCUT2D eigenvalue weighted by atomic mass is 19.1. The highest BCUT2D eigenvalue weighted by molar-refractivity contribution is 5.88. The zero-order chi connectivity index (χ0) is 21.9. The first-order valence-corrected chi connectivity index (χ1v) is 10.1. The maximum atomic E-state index is 13.1. The number of ether oxygens (including phenoxy) is 2. The van der Waals surface area contributed by atoms with Gasteiger partial charge >= 0.3 is 0 Å². The van der Waals surface area contributed by atoms with Gasteiger partial charge in [0.25, 0.3) is 5.91 Å². The highest BCUT2D eigenvalue weighted by Gasteiger charge is 2.28. The smallest absolute Gasteiger partial charge is 0.261 e. The second-order valence-corrected chi connectivity index (χ2v) is 6.83. The minimum Gasteiger partial charge on any atom is -0.497 e. The first-order chi connectivity index (χ1) is 14.5. The van der Waals surface area contributed by atoms with E-state index >= 15 is 0 Å². The van der Waals surface area contributed by atoms with Gasteiger partial charge in [-0.15, -0.1) is 0 Å². The molecule has 0 aromatic heterocycles. The largest absolute Gasteiger partial charge is 0.497 e. The average molecular weight is 416 g/mol. The SMILES string of the molecule is CCCNC(=O)[C@H](CC)N(Cc1cccc(OC)c1)C(=O)COc1ccc(F)cc1. The van der Waals surface area contributed by atoms with Crippen LogP contribution in [-0.2, 0) is 16.1 Å². The van der Waals surface area contributed by atoms with Crippen molar-refractivity contribution >= 4 is 11.8 Å². The molecule has 2 rings (SSSR count). The zero-order valence-corrected chi connectivity index (χ0v) is 17.7. The first-order valence-electron chi connectivity index (χ1n) is 10.1. The quantitative estimate of drug-likeness (QED) is 0.608. The summed E-state index contributed by atoms with van der Waals surface area (Å²) in [6, 6.07) is 12.2. The number of halogens is 1. The van der Waals surface area contributed by atoms with Crippen molar-refractivity contribution in [3.8, 4) is 11.5 Å². The molecule has 2 amide bonds. The Kier molecular flexibility index (Phi) is 9.12. The molecule has 162 valence electrons. The van der Waals surface area contributed by atoms with Gasteiger partial charge in [-0.25, -0.2) is 4.39 Å². The molecule has 0 fully saturated rings. The number of hydrogen-bond donors (Lipinski definition) is 1. The summed E-state index contributed by atoms with van der Waals surface area (Å²) < 4.78 is 23.9. The second kappa shape index (κ2) is 11.8. The van der Waals surface area contributed by atoms with Crippen molar-refractivity contribution in [2.24, 2.45) is 0 Å². The third-order valence-electron chi connectivity index (χ3n) is 4.60. The molecule has 1 atom stereocenters. The normalized spacial score (nSPS) is 11.5. The Morgan fingerprint density at radius 2 is 1.83 bits per heavy atom. The summed E-state index contributed by atoms with van der Waals surface area (Å²) in [5.74, 6) is 0.144. The second-order valence-electron chi connectivity index (χ2n) is 6.83. The maximum Gasteiger partial charge on any atom is 0.261 e. The summed E-state index contributed by atoms with van der Waals surface area (Å²) in [7, 11) is 1.58. The van der Waals surface area contributed by atoms with Crippen LogP contribution in [0.25, 0.3) is 0 Å². The number of rotatable bonds is 11. The van der Waals surface area contributed by atoms with Crippen LogP contribution in [0.15, 0.2) is 48.5 Å². The van der Waals surface area contributed by atoms with Crippen LogP contribution in [0.4, 0.5) is 4.39 Å². The van der Waals surface area contributed by atoms with Gasteiger partial charge in [0.05, 0.1) is 7.11 Å². The lowest BCUT2D eigenvalue weighted by Crippen LogP contribution is -2.50. The van der Waals surface area contributed by atoms with Crippen molar-refractivity contribution in [2.75, 3.05) is 20.3 Å². The maximum absolute atomic E-state index is 13.1. The molecule has 7 heteroatoms. The number of nitrogens with zero attached hydrogens (tertiary/aromatic N) is 1. The van der Waals surface area contributed by atoms with Crippen LogP contribution in [-0.4, -0.2) is 43.0 Å². The number of methoxy groups -OCH3 is 1. The van der Waals surface area contributed by atoms with E-state index in [9.17, 15) is 14.0 Å². The van der Waals surface area contributed by atoms with Gasteiger partial charge in [-0.2, -0.15) is 0 Å². The number of benzene rings is 2. The number of hydrogen-bond acceptors (Lipinski definition) is 4. The Labute approximate surface area is 177 Å². The Morgan fingerprint density at radius 3 is 2.47 bits per heavy atom. The van der Waals surface area contributed by atoms with Crippen molar-refractivity contribution in [3.63, 3.8) is 0 Å². The van der Waals surface area contributed by atoms with E-state index in [2.05, 4.69) is 5.32 Å². The third-order valence-corrected chi connectivity index (χ3v) is 4.60. The molecule has 0 radical (unpaired) electrons. The summed E-state index contributed by atoms with van der Waals surface area (Å²) in [5.41, 5.74) is 0.839. The van der Waals surface area contributed by atoms with Crippen LogP contribution in [0.2, 0.25) is 0 Å². The molecule has 2 aromatic rings. The predicted octanol–water partition coefficient (Wildman–Crippen LogP) is 3.55. The van der Waals surface area contributed by atoms with Crippen LogP contribution in [0.1, 0.15) is 32.3 Å². The van der Waals surface area contributed by atoms with Crippen LogP contribution < -0.4 is 14.8 Å². The van der Waals surface area contributed by atoms with Gasteiger partial charge in [0.2, 0.25) is 5.91 Å². The van der Waals surface area contributed by atoms with Crippen molar-refractivity contribution in [1.82, 2.24) is 10.2 Å². The first kappa shape index (κ1) is 23.2. The van der Waals surface area contributed by atoms with Crippen molar-refractivity contribution in [1.29, 1.82) is 0 Å². The standard InChI is InChI=1S/C23H29FN2O4/c1-4-13-25-23(28)21(5-2)26(15-17-7-6-8-20(14-17)29-3)22(27)16-30-19-11-9-18(24)10-12-19/h6-12,14,21H,4-5,13,15-16H2,1-3H3,(H,25,28)/t21-/m0/s1. The number of carbonyl (C=O) groups excluding carboxylic acids is 2. The Balaban J connectivity index is 2.20. The van der Waals surface area contributed by atoms with E-state index in [1.807, 2.05) is 38.1 Å². The van der Waals surface area contributed by atoms with Gasteiger partial charge in [0.1, 0.15) is 23.4 Å². The van der Waals surface area contributed by atoms with Crippen LogP contribution in [0.5, 0.6) is 11.5 Å². The molecule has 1 N–H and O–H groups in total. The lowest BCUT2D eigenvalue weighted by Gasteiger charge is -2.30. The topological polar surface area (TPSA) is 67.9 Å². The third kappa shape index (κ3) is 6.76. The molecule has 0 aliphatic heterocycles. The summed E-state index contributed by atoms with van der Waals surface area (Å²) in [5, 5.41) is 2.87. The van der Waals surface area contributed by atoms with Crippen molar-refractivity contribution in [2.45, 2.75) is 39.3 Å². The average Bonchev–Trinajstić information content (AvgIpc) is 2.77. The van der Waals surface area contributed by atoms with E-state index in [1.54, 1.807) is 7.11 Å². The molecule has 0 bridgehead atoms. The lowest BCUT2D eigenvalue weighted by molar-refractivity contribution is -0.143. The van der Waals surface area contributed by atoms with Crippen LogP contribution in [0.3, 0.4) is 0 Å². The molecule has 0 spiro atoms. The summed E-state index contributed by atoms with van der Waals surface area (Å²) in [6.45, 7) is 4.36. The van der Waals surface area contributed by atoms with E-state index in [0.29, 0.717) is 24.5 Å². The van der Waals surface area contributed by atoms with Crippen molar-refractivity contribution in [3.05, 3.63) is 59.9 Å². The summed E-state index contributed by atoms with van der Waals surface area (Å²) in [4.78, 5) is 27.2. The van der Waals surface area contributed by atoms with E-state index in [0.717, 1.165) is 12.0 Å². The fraction of sp³-hybridized carbons (Fsp3) is 0.391. The number of nitrogens with one attached hydrogen (secondary N) is 1. The number of carbonyl (C=O) groups is 2. The Bertz CT molecular complexity index is 826. The van der Waals surface area contributed by atoms with Crippen LogP contribution >= 0.6 is 0 Å². The Hall–Kier alpha value is -3.09. The van der Waals surface area contributed by atoms with E-state index in [-0.39, 0.29) is 30.8 Å². The summed E-state index contributed by atoms with van der Waals surface area (Å²) >= 11 is 0. The Morgan fingerprint density at radius 1 is 1.10 bits per heavy atom.